The van der Waals surface area contributed by atoms with Gasteiger partial charge in [-0.15, -0.1) is 0 Å². The summed E-state index contributed by atoms with van der Waals surface area (Å²) >= 11 is 5.73. The molecule has 0 saturated heterocycles. The lowest BCUT2D eigenvalue weighted by molar-refractivity contribution is -0.136. The van der Waals surface area contributed by atoms with Crippen molar-refractivity contribution in [2.75, 3.05) is 11.1 Å². The number of hydrogen-bond acceptors (Lipinski definition) is 2. The molecule has 3 aromatic rings. The molecule has 0 radical (unpaired) electrons. The Hall–Kier alpha value is -2.66. The summed E-state index contributed by atoms with van der Waals surface area (Å²) in [6, 6.07) is 18.1. The third-order valence-corrected chi connectivity index (χ3v) is 3.92. The van der Waals surface area contributed by atoms with E-state index in [0.717, 1.165) is 17.2 Å². The minimum absolute atomic E-state index is 0.0220. The third kappa shape index (κ3) is 3.88. The number of nitrogens with one attached hydrogen (secondary N) is 1. The van der Waals surface area contributed by atoms with Crippen molar-refractivity contribution >= 4 is 28.7 Å². The van der Waals surface area contributed by atoms with Gasteiger partial charge in [-0.3, -0.25) is 0 Å². The summed E-state index contributed by atoms with van der Waals surface area (Å²) in [4.78, 5) is 0. The van der Waals surface area contributed by atoms with Crippen molar-refractivity contribution in [2.45, 2.75) is 6.18 Å². The van der Waals surface area contributed by atoms with E-state index in [1.807, 2.05) is 30.3 Å². The first-order valence-electron chi connectivity index (χ1n) is 7.43. The van der Waals surface area contributed by atoms with Gasteiger partial charge < -0.3 is 11.1 Å². The van der Waals surface area contributed by atoms with Crippen LogP contribution in [0.4, 0.5) is 30.2 Å². The van der Waals surface area contributed by atoms with Crippen LogP contribution in [-0.2, 0) is 6.18 Å². The van der Waals surface area contributed by atoms with Crippen molar-refractivity contribution < 1.29 is 13.2 Å². The molecule has 0 aliphatic carbocycles. The fourth-order valence-electron chi connectivity index (χ4n) is 2.54. The van der Waals surface area contributed by atoms with E-state index in [1.54, 1.807) is 18.2 Å². The molecule has 0 heterocycles. The second-order valence-corrected chi connectivity index (χ2v) is 5.92. The zero-order valence-electron chi connectivity index (χ0n) is 12.9. The molecule has 0 aliphatic heterocycles. The number of rotatable bonds is 3. The number of alkyl halides is 3. The van der Waals surface area contributed by atoms with Crippen LogP contribution in [0.2, 0.25) is 5.02 Å². The Morgan fingerprint density at radius 3 is 2.24 bits per heavy atom. The maximum absolute atomic E-state index is 13.3. The summed E-state index contributed by atoms with van der Waals surface area (Å²) < 4.78 is 39.9. The fourth-order valence-corrected chi connectivity index (χ4v) is 2.71. The van der Waals surface area contributed by atoms with Crippen LogP contribution in [-0.4, -0.2) is 0 Å². The van der Waals surface area contributed by atoms with Gasteiger partial charge in [0.25, 0.3) is 0 Å². The van der Waals surface area contributed by atoms with Crippen molar-refractivity contribution in [3.8, 4) is 11.1 Å². The average molecular weight is 363 g/mol. The van der Waals surface area contributed by atoms with E-state index in [2.05, 4.69) is 5.32 Å². The predicted octanol–water partition coefficient (Wildman–Crippen LogP) is 6.35. The number of nitrogen functional groups attached to an aromatic ring is 1. The second-order valence-electron chi connectivity index (χ2n) is 5.48. The highest BCUT2D eigenvalue weighted by atomic mass is 35.5. The SMILES string of the molecule is Nc1ccc(-c2ccccc2)c(Nc2ccc(Cl)cc2C(F)(F)F)c1. The molecule has 3 aromatic carbocycles. The van der Waals surface area contributed by atoms with E-state index >= 15 is 0 Å². The Kier molecular flexibility index (Phi) is 4.59. The minimum atomic E-state index is -4.53. The lowest BCUT2D eigenvalue weighted by Crippen LogP contribution is -2.09. The normalized spacial score (nSPS) is 11.4. The molecule has 0 fully saturated rings. The molecule has 0 amide bonds. The van der Waals surface area contributed by atoms with Crippen LogP contribution in [0.5, 0.6) is 0 Å². The number of hydrogen-bond donors (Lipinski definition) is 2. The van der Waals surface area contributed by atoms with Crippen LogP contribution >= 0.6 is 11.6 Å². The summed E-state index contributed by atoms with van der Waals surface area (Å²) in [6.07, 6.45) is -4.53. The summed E-state index contributed by atoms with van der Waals surface area (Å²) in [7, 11) is 0. The van der Waals surface area contributed by atoms with E-state index in [9.17, 15) is 13.2 Å². The largest absolute Gasteiger partial charge is 0.418 e. The first-order valence-corrected chi connectivity index (χ1v) is 7.81. The van der Waals surface area contributed by atoms with Crippen molar-refractivity contribution in [3.05, 3.63) is 77.3 Å². The van der Waals surface area contributed by atoms with Gasteiger partial charge in [0.2, 0.25) is 0 Å². The van der Waals surface area contributed by atoms with Crippen molar-refractivity contribution in [1.29, 1.82) is 0 Å². The molecule has 2 nitrogen and oxygen atoms in total. The van der Waals surface area contributed by atoms with E-state index in [4.69, 9.17) is 17.3 Å². The average Bonchev–Trinajstić information content (AvgIpc) is 2.56. The summed E-state index contributed by atoms with van der Waals surface area (Å²) in [6.45, 7) is 0. The molecule has 128 valence electrons. The highest BCUT2D eigenvalue weighted by Gasteiger charge is 2.34. The quantitative estimate of drug-likeness (QED) is 0.532. The monoisotopic (exact) mass is 362 g/mol. The molecule has 0 aliphatic rings. The van der Waals surface area contributed by atoms with Gasteiger partial charge in [-0.1, -0.05) is 48.0 Å². The number of nitrogens with two attached hydrogens (primary N) is 1. The maximum atomic E-state index is 13.3. The Morgan fingerprint density at radius 2 is 1.56 bits per heavy atom. The molecule has 25 heavy (non-hydrogen) atoms. The standard InChI is InChI=1S/C19H14ClF3N2/c20-13-6-9-17(16(10-13)19(21,22)23)25-18-11-14(24)7-8-15(18)12-4-2-1-3-5-12/h1-11,25H,24H2. The minimum Gasteiger partial charge on any atom is -0.399 e. The Morgan fingerprint density at radius 1 is 0.840 bits per heavy atom. The van der Waals surface area contributed by atoms with Gasteiger partial charge in [0, 0.05) is 22.0 Å². The van der Waals surface area contributed by atoms with Gasteiger partial charge in [0.05, 0.1) is 11.3 Å². The van der Waals surface area contributed by atoms with Gasteiger partial charge in [-0.2, -0.15) is 13.2 Å². The fraction of sp³-hybridized carbons (Fsp3) is 0.0526. The molecule has 6 heteroatoms. The molecule has 0 saturated carbocycles. The zero-order valence-corrected chi connectivity index (χ0v) is 13.7. The van der Waals surface area contributed by atoms with Crippen LogP contribution in [0.3, 0.4) is 0 Å². The zero-order chi connectivity index (χ0) is 18.0. The summed E-state index contributed by atoms with van der Waals surface area (Å²) in [5.41, 5.74) is 7.46. The number of halogens is 4. The topological polar surface area (TPSA) is 38.0 Å². The van der Waals surface area contributed by atoms with Gasteiger partial charge in [0.1, 0.15) is 0 Å². The highest BCUT2D eigenvalue weighted by Crippen LogP contribution is 2.39. The summed E-state index contributed by atoms with van der Waals surface area (Å²) in [5.74, 6) is 0. The number of anilines is 3. The molecule has 0 bridgehead atoms. The van der Waals surface area contributed by atoms with Crippen LogP contribution in [0.25, 0.3) is 11.1 Å². The molecule has 0 atom stereocenters. The van der Waals surface area contributed by atoms with Crippen molar-refractivity contribution in [1.82, 2.24) is 0 Å². The first-order chi connectivity index (χ1) is 11.8. The molecule has 0 unspecified atom stereocenters. The van der Waals surface area contributed by atoms with Gasteiger partial charge in [-0.25, -0.2) is 0 Å². The Labute approximate surface area is 148 Å². The van der Waals surface area contributed by atoms with Crippen LogP contribution in [0.1, 0.15) is 5.56 Å². The van der Waals surface area contributed by atoms with E-state index in [-0.39, 0.29) is 10.7 Å². The lowest BCUT2D eigenvalue weighted by atomic mass is 10.0. The predicted molar refractivity (Wildman–Crippen MR) is 96.0 cm³/mol. The van der Waals surface area contributed by atoms with Crippen LogP contribution < -0.4 is 11.1 Å². The number of benzene rings is 3. The van der Waals surface area contributed by atoms with E-state index in [0.29, 0.717) is 11.4 Å². The van der Waals surface area contributed by atoms with Gasteiger partial charge >= 0.3 is 6.18 Å². The van der Waals surface area contributed by atoms with Gasteiger partial charge in [0.15, 0.2) is 0 Å². The highest BCUT2D eigenvalue weighted by molar-refractivity contribution is 6.30. The van der Waals surface area contributed by atoms with Gasteiger partial charge in [-0.05, 0) is 35.9 Å². The van der Waals surface area contributed by atoms with Crippen LogP contribution in [0.15, 0.2) is 66.7 Å². The lowest BCUT2D eigenvalue weighted by Gasteiger charge is -2.18. The molecule has 0 spiro atoms. The van der Waals surface area contributed by atoms with Crippen molar-refractivity contribution in [2.24, 2.45) is 0 Å². The first kappa shape index (κ1) is 17.2. The Bertz CT molecular complexity index is 893. The van der Waals surface area contributed by atoms with E-state index in [1.165, 1.54) is 12.1 Å². The van der Waals surface area contributed by atoms with Crippen LogP contribution in [0, 0.1) is 0 Å². The smallest absolute Gasteiger partial charge is 0.399 e. The summed E-state index contributed by atoms with van der Waals surface area (Å²) in [5, 5.41) is 2.88. The van der Waals surface area contributed by atoms with E-state index < -0.39 is 11.7 Å². The van der Waals surface area contributed by atoms with Crippen molar-refractivity contribution in [3.63, 3.8) is 0 Å². The molecule has 3 rings (SSSR count). The second kappa shape index (κ2) is 6.69. The Balaban J connectivity index is 2.09. The third-order valence-electron chi connectivity index (χ3n) is 3.68. The maximum Gasteiger partial charge on any atom is 0.418 e. The molecular formula is C19H14ClF3N2. The molecular weight excluding hydrogens is 349 g/mol. The molecule has 3 N–H and O–H groups in total. The molecule has 0 aromatic heterocycles.